The van der Waals surface area contributed by atoms with Gasteiger partial charge in [0, 0.05) is 12.3 Å². The smallest absolute Gasteiger partial charge is 0.162 e. The Kier molecular flexibility index (Phi) is 2.52. The molecule has 1 aromatic carbocycles. The molecule has 0 unspecified atom stereocenters. The van der Waals surface area contributed by atoms with Crippen molar-refractivity contribution in [3.63, 3.8) is 0 Å². The minimum Gasteiger partial charge on any atom is -0.294 e. The summed E-state index contributed by atoms with van der Waals surface area (Å²) in [4.78, 5) is 11.0. The van der Waals surface area contributed by atoms with Crippen LogP contribution in [0.25, 0.3) is 5.69 Å². The highest BCUT2D eigenvalue weighted by Gasteiger charge is 2.09. The minimum absolute atomic E-state index is 0.105. The standard InChI is InChI=1S/C11H8F2N2O/c1-7(16)8-5-14-15(6-8)11-3-2-9(12)4-10(11)13/h2-6H,1H3. The molecule has 0 fully saturated rings. The number of nitrogens with zero attached hydrogens (tertiary/aromatic N) is 2. The van der Waals surface area contributed by atoms with Crippen LogP contribution in [0.4, 0.5) is 8.78 Å². The molecule has 0 aliphatic heterocycles. The van der Waals surface area contributed by atoms with E-state index in [1.165, 1.54) is 30.1 Å². The van der Waals surface area contributed by atoms with Gasteiger partial charge in [0.25, 0.3) is 0 Å². The molecule has 1 aromatic heterocycles. The second kappa shape index (κ2) is 3.84. The lowest BCUT2D eigenvalue weighted by molar-refractivity contribution is 0.101. The molecule has 2 aromatic rings. The summed E-state index contributed by atoms with van der Waals surface area (Å²) in [6, 6.07) is 3.17. The van der Waals surface area contributed by atoms with E-state index in [-0.39, 0.29) is 11.5 Å². The van der Waals surface area contributed by atoms with Gasteiger partial charge in [0.2, 0.25) is 0 Å². The Bertz CT molecular complexity index is 549. The third-order valence-electron chi connectivity index (χ3n) is 2.15. The van der Waals surface area contributed by atoms with E-state index >= 15 is 0 Å². The molecule has 0 atom stereocenters. The second-order valence-corrected chi connectivity index (χ2v) is 3.33. The summed E-state index contributed by atoms with van der Waals surface area (Å²) < 4.78 is 27.2. The number of aromatic nitrogens is 2. The molecule has 0 aliphatic rings. The number of hydrogen-bond donors (Lipinski definition) is 0. The first kappa shape index (κ1) is 10.5. The summed E-state index contributed by atoms with van der Waals surface area (Å²) >= 11 is 0. The van der Waals surface area contributed by atoms with Gasteiger partial charge >= 0.3 is 0 Å². The number of hydrogen-bond acceptors (Lipinski definition) is 2. The Morgan fingerprint density at radius 2 is 2.12 bits per heavy atom. The molecular weight excluding hydrogens is 214 g/mol. The zero-order valence-corrected chi connectivity index (χ0v) is 8.45. The Labute approximate surface area is 90.3 Å². The van der Waals surface area contributed by atoms with Gasteiger partial charge in [-0.1, -0.05) is 0 Å². The summed E-state index contributed by atoms with van der Waals surface area (Å²) in [5, 5.41) is 3.83. The van der Waals surface area contributed by atoms with Crippen LogP contribution in [0.2, 0.25) is 0 Å². The Morgan fingerprint density at radius 3 is 2.69 bits per heavy atom. The van der Waals surface area contributed by atoms with Crippen LogP contribution in [0.15, 0.2) is 30.6 Å². The number of benzene rings is 1. The van der Waals surface area contributed by atoms with E-state index in [1.54, 1.807) is 0 Å². The molecular formula is C11H8F2N2O. The van der Waals surface area contributed by atoms with Gasteiger partial charge in [-0.2, -0.15) is 5.10 Å². The number of rotatable bonds is 2. The lowest BCUT2D eigenvalue weighted by atomic mass is 10.2. The van der Waals surface area contributed by atoms with Crippen molar-refractivity contribution in [1.82, 2.24) is 9.78 Å². The second-order valence-electron chi connectivity index (χ2n) is 3.33. The summed E-state index contributed by atoms with van der Waals surface area (Å²) in [7, 11) is 0. The molecule has 0 bridgehead atoms. The van der Waals surface area contributed by atoms with Gasteiger partial charge in [-0.25, -0.2) is 13.5 Å². The summed E-state index contributed by atoms with van der Waals surface area (Å²) in [5.41, 5.74) is 0.484. The van der Waals surface area contributed by atoms with Crippen LogP contribution in [0.5, 0.6) is 0 Å². The van der Waals surface area contributed by atoms with Crippen molar-refractivity contribution in [2.45, 2.75) is 6.92 Å². The highest BCUT2D eigenvalue weighted by Crippen LogP contribution is 2.14. The van der Waals surface area contributed by atoms with Gasteiger partial charge < -0.3 is 0 Å². The number of carbonyl (C=O) groups excluding carboxylic acids is 1. The average molecular weight is 222 g/mol. The first-order valence-corrected chi connectivity index (χ1v) is 4.59. The molecule has 3 nitrogen and oxygen atoms in total. The molecule has 0 amide bonds. The zero-order chi connectivity index (χ0) is 11.7. The van der Waals surface area contributed by atoms with Crippen molar-refractivity contribution in [1.29, 1.82) is 0 Å². The first-order valence-electron chi connectivity index (χ1n) is 4.59. The lowest BCUT2D eigenvalue weighted by Crippen LogP contribution is -1.98. The van der Waals surface area contributed by atoms with Gasteiger partial charge in [-0.05, 0) is 19.1 Å². The molecule has 1 heterocycles. The van der Waals surface area contributed by atoms with Crippen LogP contribution in [0.1, 0.15) is 17.3 Å². The van der Waals surface area contributed by atoms with E-state index < -0.39 is 11.6 Å². The highest BCUT2D eigenvalue weighted by molar-refractivity contribution is 5.93. The number of Topliss-reactive ketones (excluding diaryl/α,β-unsaturated/α-hetero) is 1. The maximum atomic E-state index is 13.4. The zero-order valence-electron chi connectivity index (χ0n) is 8.45. The molecule has 0 saturated heterocycles. The molecule has 0 spiro atoms. The monoisotopic (exact) mass is 222 g/mol. The Balaban J connectivity index is 2.46. The summed E-state index contributed by atoms with van der Waals surface area (Å²) in [5.74, 6) is -1.54. The molecule has 5 heteroatoms. The molecule has 82 valence electrons. The van der Waals surface area contributed by atoms with E-state index in [2.05, 4.69) is 5.10 Å². The van der Waals surface area contributed by atoms with Crippen molar-refractivity contribution >= 4 is 5.78 Å². The van der Waals surface area contributed by atoms with E-state index in [9.17, 15) is 13.6 Å². The van der Waals surface area contributed by atoms with Crippen molar-refractivity contribution in [2.75, 3.05) is 0 Å². The van der Waals surface area contributed by atoms with Crippen LogP contribution in [-0.2, 0) is 0 Å². The van der Waals surface area contributed by atoms with Gasteiger partial charge in [-0.15, -0.1) is 0 Å². The predicted molar refractivity (Wildman–Crippen MR) is 53.5 cm³/mol. The van der Waals surface area contributed by atoms with E-state index in [0.29, 0.717) is 5.56 Å². The highest BCUT2D eigenvalue weighted by atomic mass is 19.1. The Hall–Kier alpha value is -2.04. The average Bonchev–Trinajstić information content (AvgIpc) is 2.66. The number of carbonyl (C=O) groups is 1. The van der Waals surface area contributed by atoms with Crippen LogP contribution < -0.4 is 0 Å². The van der Waals surface area contributed by atoms with Crippen molar-refractivity contribution in [3.8, 4) is 5.69 Å². The van der Waals surface area contributed by atoms with Crippen LogP contribution in [-0.4, -0.2) is 15.6 Å². The van der Waals surface area contributed by atoms with Gasteiger partial charge in [0.15, 0.2) is 11.6 Å². The van der Waals surface area contributed by atoms with Crippen LogP contribution in [0.3, 0.4) is 0 Å². The number of ketones is 1. The summed E-state index contributed by atoms with van der Waals surface area (Å²) in [6.07, 6.45) is 2.74. The fourth-order valence-electron chi connectivity index (χ4n) is 1.30. The van der Waals surface area contributed by atoms with Crippen molar-refractivity contribution in [3.05, 3.63) is 47.8 Å². The van der Waals surface area contributed by atoms with Crippen molar-refractivity contribution in [2.24, 2.45) is 0 Å². The normalized spacial score (nSPS) is 10.4. The molecule has 0 radical (unpaired) electrons. The fourth-order valence-corrected chi connectivity index (χ4v) is 1.30. The van der Waals surface area contributed by atoms with Crippen LogP contribution in [0, 0.1) is 11.6 Å². The predicted octanol–water partition coefficient (Wildman–Crippen LogP) is 2.35. The quantitative estimate of drug-likeness (QED) is 0.731. The molecule has 0 N–H and O–H groups in total. The molecule has 16 heavy (non-hydrogen) atoms. The largest absolute Gasteiger partial charge is 0.294 e. The van der Waals surface area contributed by atoms with E-state index in [1.807, 2.05) is 0 Å². The SMILES string of the molecule is CC(=O)c1cnn(-c2ccc(F)cc2F)c1. The Morgan fingerprint density at radius 1 is 1.38 bits per heavy atom. The van der Waals surface area contributed by atoms with E-state index in [0.717, 1.165) is 12.1 Å². The van der Waals surface area contributed by atoms with Gasteiger partial charge in [-0.3, -0.25) is 4.79 Å². The minimum atomic E-state index is -0.724. The first-order chi connectivity index (χ1) is 7.58. The van der Waals surface area contributed by atoms with Gasteiger partial charge in [0.05, 0.1) is 11.8 Å². The van der Waals surface area contributed by atoms with E-state index in [4.69, 9.17) is 0 Å². The fraction of sp³-hybridized carbons (Fsp3) is 0.0909. The third kappa shape index (κ3) is 1.84. The number of halogens is 2. The molecule has 2 rings (SSSR count). The van der Waals surface area contributed by atoms with Crippen molar-refractivity contribution < 1.29 is 13.6 Å². The van der Waals surface area contributed by atoms with Crippen LogP contribution >= 0.6 is 0 Å². The topological polar surface area (TPSA) is 34.9 Å². The molecule has 0 saturated carbocycles. The maximum absolute atomic E-state index is 13.4. The third-order valence-corrected chi connectivity index (χ3v) is 2.15. The molecule has 0 aliphatic carbocycles. The summed E-state index contributed by atoms with van der Waals surface area (Å²) in [6.45, 7) is 1.39. The lowest BCUT2D eigenvalue weighted by Gasteiger charge is -2.02. The van der Waals surface area contributed by atoms with Gasteiger partial charge in [0.1, 0.15) is 11.5 Å². The maximum Gasteiger partial charge on any atom is 0.162 e.